The highest BCUT2D eigenvalue weighted by Crippen LogP contribution is 2.38. The lowest BCUT2D eigenvalue weighted by molar-refractivity contribution is 0.194. The van der Waals surface area contributed by atoms with Crippen molar-refractivity contribution in [3.63, 3.8) is 0 Å². The van der Waals surface area contributed by atoms with Gasteiger partial charge in [0.1, 0.15) is 5.75 Å². The Balaban J connectivity index is 2.02. The van der Waals surface area contributed by atoms with Crippen LogP contribution < -0.4 is 9.64 Å². The van der Waals surface area contributed by atoms with Crippen molar-refractivity contribution < 1.29 is 9.84 Å². The third-order valence-electron chi connectivity index (χ3n) is 5.14. The second-order valence-corrected chi connectivity index (χ2v) is 7.03. The van der Waals surface area contributed by atoms with Gasteiger partial charge in [0.25, 0.3) is 0 Å². The van der Waals surface area contributed by atoms with Crippen molar-refractivity contribution in [1.82, 2.24) is 4.90 Å². The summed E-state index contributed by atoms with van der Waals surface area (Å²) >= 11 is 0. The lowest BCUT2D eigenvalue weighted by Gasteiger charge is -2.36. The summed E-state index contributed by atoms with van der Waals surface area (Å²) in [4.78, 5) is 4.93. The van der Waals surface area contributed by atoms with Crippen molar-refractivity contribution in [2.75, 3.05) is 44.7 Å². The molecule has 4 heteroatoms. The van der Waals surface area contributed by atoms with Gasteiger partial charge in [0.15, 0.2) is 0 Å². The van der Waals surface area contributed by atoms with Crippen LogP contribution in [0, 0.1) is 0 Å². The minimum atomic E-state index is -0.403. The maximum Gasteiger partial charge on any atom is 0.130 e. The van der Waals surface area contributed by atoms with Crippen LogP contribution in [0.15, 0.2) is 42.5 Å². The lowest BCUT2D eigenvalue weighted by atomic mass is 9.97. The second kappa shape index (κ2) is 8.56. The first-order valence-electron chi connectivity index (χ1n) is 9.54. The van der Waals surface area contributed by atoms with Gasteiger partial charge in [-0.05, 0) is 36.7 Å². The first-order valence-corrected chi connectivity index (χ1v) is 9.54. The van der Waals surface area contributed by atoms with Crippen LogP contribution in [0.5, 0.6) is 5.75 Å². The van der Waals surface area contributed by atoms with E-state index in [9.17, 15) is 5.11 Å². The SMILES string of the molecule is CCN1CCN(c2cc(CC(C)O)c(OC)c(-c3ccccc3)c2)CC1. The Bertz CT molecular complexity index is 708. The summed E-state index contributed by atoms with van der Waals surface area (Å²) < 4.78 is 5.77. The zero-order valence-corrected chi connectivity index (χ0v) is 16.1. The van der Waals surface area contributed by atoms with Gasteiger partial charge in [-0.3, -0.25) is 0 Å². The minimum Gasteiger partial charge on any atom is -0.496 e. The smallest absolute Gasteiger partial charge is 0.130 e. The van der Waals surface area contributed by atoms with Gasteiger partial charge >= 0.3 is 0 Å². The molecule has 26 heavy (non-hydrogen) atoms. The molecule has 0 radical (unpaired) electrons. The number of piperazine rings is 1. The van der Waals surface area contributed by atoms with Gasteiger partial charge < -0.3 is 19.6 Å². The average molecular weight is 354 g/mol. The number of nitrogens with zero attached hydrogens (tertiary/aromatic N) is 2. The third kappa shape index (κ3) is 4.19. The molecule has 4 nitrogen and oxygen atoms in total. The maximum absolute atomic E-state index is 9.98. The van der Waals surface area contributed by atoms with Crippen LogP contribution >= 0.6 is 0 Å². The molecular formula is C22H30N2O2. The van der Waals surface area contributed by atoms with Crippen LogP contribution in [0.4, 0.5) is 5.69 Å². The molecule has 1 heterocycles. The van der Waals surface area contributed by atoms with E-state index >= 15 is 0 Å². The van der Waals surface area contributed by atoms with Crippen molar-refractivity contribution >= 4 is 5.69 Å². The van der Waals surface area contributed by atoms with Crippen molar-refractivity contribution in [2.45, 2.75) is 26.4 Å². The molecule has 1 fully saturated rings. The Morgan fingerprint density at radius 2 is 1.77 bits per heavy atom. The summed E-state index contributed by atoms with van der Waals surface area (Å²) in [7, 11) is 1.72. The predicted molar refractivity (Wildman–Crippen MR) is 108 cm³/mol. The fourth-order valence-corrected chi connectivity index (χ4v) is 3.72. The molecule has 0 amide bonds. The van der Waals surface area contributed by atoms with E-state index in [0.717, 1.165) is 55.2 Å². The number of benzene rings is 2. The van der Waals surface area contributed by atoms with E-state index in [2.05, 4.69) is 53.1 Å². The summed E-state index contributed by atoms with van der Waals surface area (Å²) in [6.45, 7) is 9.40. The fraction of sp³-hybridized carbons (Fsp3) is 0.455. The molecule has 140 valence electrons. The van der Waals surface area contributed by atoms with Gasteiger partial charge in [0.2, 0.25) is 0 Å². The minimum absolute atomic E-state index is 0.403. The summed E-state index contributed by atoms with van der Waals surface area (Å²) in [6.07, 6.45) is 0.186. The van der Waals surface area contributed by atoms with Gasteiger partial charge in [0.05, 0.1) is 13.2 Å². The Hall–Kier alpha value is -2.04. The van der Waals surface area contributed by atoms with E-state index in [1.807, 2.05) is 13.0 Å². The Morgan fingerprint density at radius 3 is 2.35 bits per heavy atom. The van der Waals surface area contributed by atoms with Crippen LogP contribution in [0.25, 0.3) is 11.1 Å². The van der Waals surface area contributed by atoms with Crippen LogP contribution in [0.2, 0.25) is 0 Å². The summed E-state index contributed by atoms with van der Waals surface area (Å²) in [5.41, 5.74) is 4.53. The number of methoxy groups -OCH3 is 1. The number of likely N-dealkylation sites (N-methyl/N-ethyl adjacent to an activating group) is 1. The largest absolute Gasteiger partial charge is 0.496 e. The summed E-state index contributed by atoms with van der Waals surface area (Å²) in [6, 6.07) is 14.8. The monoisotopic (exact) mass is 354 g/mol. The van der Waals surface area contributed by atoms with Gasteiger partial charge in [-0.2, -0.15) is 0 Å². The average Bonchev–Trinajstić information content (AvgIpc) is 2.67. The molecule has 1 atom stereocenters. The van der Waals surface area contributed by atoms with E-state index in [4.69, 9.17) is 4.74 Å². The summed E-state index contributed by atoms with van der Waals surface area (Å²) in [5.74, 6) is 0.869. The lowest BCUT2D eigenvalue weighted by Crippen LogP contribution is -2.46. The molecule has 0 saturated carbocycles. The predicted octanol–water partition coefficient (Wildman–Crippen LogP) is 3.43. The molecule has 1 unspecified atom stereocenters. The van der Waals surface area contributed by atoms with Gasteiger partial charge in [-0.1, -0.05) is 37.3 Å². The van der Waals surface area contributed by atoms with Gasteiger partial charge in [-0.15, -0.1) is 0 Å². The Morgan fingerprint density at radius 1 is 1.08 bits per heavy atom. The topological polar surface area (TPSA) is 35.9 Å². The number of aliphatic hydroxyl groups is 1. The third-order valence-corrected chi connectivity index (χ3v) is 5.14. The molecule has 0 aliphatic carbocycles. The highest BCUT2D eigenvalue weighted by molar-refractivity contribution is 5.77. The van der Waals surface area contributed by atoms with E-state index in [-0.39, 0.29) is 0 Å². The van der Waals surface area contributed by atoms with Crippen LogP contribution in [0.1, 0.15) is 19.4 Å². The molecule has 1 aliphatic heterocycles. The summed E-state index contributed by atoms with van der Waals surface area (Å²) in [5, 5.41) is 9.98. The van der Waals surface area contributed by atoms with Crippen molar-refractivity contribution in [3.05, 3.63) is 48.0 Å². The molecule has 0 spiro atoms. The van der Waals surface area contributed by atoms with Crippen molar-refractivity contribution in [3.8, 4) is 16.9 Å². The number of ether oxygens (including phenoxy) is 1. The number of aliphatic hydroxyl groups excluding tert-OH is 1. The first-order chi connectivity index (χ1) is 12.6. The highest BCUT2D eigenvalue weighted by Gasteiger charge is 2.20. The number of rotatable bonds is 6. The Kier molecular flexibility index (Phi) is 6.17. The van der Waals surface area contributed by atoms with Crippen LogP contribution in [-0.2, 0) is 6.42 Å². The molecule has 1 N–H and O–H groups in total. The molecule has 0 bridgehead atoms. The van der Waals surface area contributed by atoms with Crippen LogP contribution in [0.3, 0.4) is 0 Å². The Labute approximate surface area is 157 Å². The molecular weight excluding hydrogens is 324 g/mol. The second-order valence-electron chi connectivity index (χ2n) is 7.03. The highest BCUT2D eigenvalue weighted by atomic mass is 16.5. The molecule has 0 aromatic heterocycles. The normalized spacial score (nSPS) is 16.5. The number of hydrogen-bond donors (Lipinski definition) is 1. The van der Waals surface area contributed by atoms with Gasteiger partial charge in [0, 0.05) is 43.9 Å². The number of hydrogen-bond acceptors (Lipinski definition) is 4. The van der Waals surface area contributed by atoms with Crippen molar-refractivity contribution in [2.24, 2.45) is 0 Å². The molecule has 2 aromatic rings. The maximum atomic E-state index is 9.98. The quantitative estimate of drug-likeness (QED) is 0.862. The zero-order valence-electron chi connectivity index (χ0n) is 16.1. The van der Waals surface area contributed by atoms with Crippen molar-refractivity contribution in [1.29, 1.82) is 0 Å². The zero-order chi connectivity index (χ0) is 18.5. The van der Waals surface area contributed by atoms with Crippen LogP contribution in [-0.4, -0.2) is 55.9 Å². The van der Waals surface area contributed by atoms with E-state index in [0.29, 0.717) is 6.42 Å². The molecule has 1 saturated heterocycles. The molecule has 3 rings (SSSR count). The first kappa shape index (κ1) is 18.7. The van der Waals surface area contributed by atoms with E-state index in [1.54, 1.807) is 7.11 Å². The standard InChI is InChI=1S/C22H30N2O2/c1-4-23-10-12-24(13-11-23)20-15-19(14-17(2)25)22(26-3)21(16-20)18-8-6-5-7-9-18/h5-9,15-17,25H,4,10-14H2,1-3H3. The fourth-order valence-electron chi connectivity index (χ4n) is 3.72. The number of anilines is 1. The van der Waals surface area contributed by atoms with Gasteiger partial charge in [-0.25, -0.2) is 0 Å². The molecule has 2 aromatic carbocycles. The molecule has 1 aliphatic rings. The van der Waals surface area contributed by atoms with E-state index < -0.39 is 6.10 Å². The van der Waals surface area contributed by atoms with E-state index in [1.165, 1.54) is 5.69 Å².